The number of carboxylic acid groups (broad SMARTS) is 1. The average molecular weight is 216 g/mol. The lowest BCUT2D eigenvalue weighted by molar-refractivity contribution is -0.160. The van der Waals surface area contributed by atoms with E-state index >= 15 is 0 Å². The molecule has 1 atom stereocenters. The van der Waals surface area contributed by atoms with Crippen molar-refractivity contribution in [1.82, 2.24) is 10.2 Å². The Morgan fingerprint density at radius 2 is 1.93 bits per heavy atom. The van der Waals surface area contributed by atoms with Gasteiger partial charge < -0.3 is 10.2 Å². The van der Waals surface area contributed by atoms with Crippen LogP contribution in [0.25, 0.3) is 0 Å². The first-order valence-corrected chi connectivity index (χ1v) is 4.32. The van der Waals surface area contributed by atoms with Crippen LogP contribution in [0.3, 0.4) is 0 Å². The van der Waals surface area contributed by atoms with Gasteiger partial charge in [0, 0.05) is 6.54 Å². The van der Waals surface area contributed by atoms with Gasteiger partial charge in [0.15, 0.2) is 5.60 Å². The second-order valence-corrected chi connectivity index (χ2v) is 3.70. The first kappa shape index (κ1) is 11.6. The third-order valence-corrected chi connectivity index (χ3v) is 2.01. The summed E-state index contributed by atoms with van der Waals surface area (Å²) < 4.78 is 0. The van der Waals surface area contributed by atoms with Gasteiger partial charge >= 0.3 is 5.97 Å². The fraction of sp³-hybridized carbons (Fsp3) is 0.625. The van der Waals surface area contributed by atoms with E-state index in [1.165, 1.54) is 4.90 Å². The molecule has 0 spiro atoms. The average Bonchev–Trinajstić information content (AvgIpc) is 1.99. The van der Waals surface area contributed by atoms with Crippen molar-refractivity contribution in [2.45, 2.75) is 12.5 Å². The highest BCUT2D eigenvalue weighted by Crippen LogP contribution is 2.07. The molecule has 1 saturated heterocycles. The quantitative estimate of drug-likeness (QED) is 0.461. The number of carbonyl (C=O) groups is 3. The largest absolute Gasteiger partial charge is 0.479 e. The molecule has 1 aliphatic heterocycles. The van der Waals surface area contributed by atoms with Crippen LogP contribution in [0.4, 0.5) is 0 Å². The highest BCUT2D eigenvalue weighted by Gasteiger charge is 2.35. The molecule has 15 heavy (non-hydrogen) atoms. The van der Waals surface area contributed by atoms with Gasteiger partial charge in [-0.1, -0.05) is 0 Å². The predicted molar refractivity (Wildman–Crippen MR) is 47.8 cm³/mol. The third kappa shape index (κ3) is 3.00. The minimum atomic E-state index is -1.96. The number of amides is 2. The van der Waals surface area contributed by atoms with Crippen molar-refractivity contribution < 1.29 is 24.6 Å². The van der Waals surface area contributed by atoms with Gasteiger partial charge in [-0.3, -0.25) is 19.8 Å². The van der Waals surface area contributed by atoms with Gasteiger partial charge in [-0.25, -0.2) is 4.79 Å². The molecule has 0 aromatic carbocycles. The second kappa shape index (κ2) is 3.95. The molecule has 0 radical (unpaired) electrons. The Hall–Kier alpha value is -1.47. The van der Waals surface area contributed by atoms with Crippen molar-refractivity contribution in [2.24, 2.45) is 0 Å². The van der Waals surface area contributed by atoms with Gasteiger partial charge in [0.2, 0.25) is 11.8 Å². The van der Waals surface area contributed by atoms with Crippen LogP contribution in [0, 0.1) is 0 Å². The van der Waals surface area contributed by atoms with E-state index < -0.39 is 23.4 Å². The first-order chi connectivity index (χ1) is 6.81. The number of rotatable bonds is 3. The molecule has 7 heteroatoms. The number of piperazine rings is 1. The summed E-state index contributed by atoms with van der Waals surface area (Å²) in [6.07, 6.45) is 0. The summed E-state index contributed by atoms with van der Waals surface area (Å²) >= 11 is 0. The van der Waals surface area contributed by atoms with Crippen LogP contribution < -0.4 is 5.32 Å². The van der Waals surface area contributed by atoms with Crippen molar-refractivity contribution in [1.29, 1.82) is 0 Å². The van der Waals surface area contributed by atoms with Crippen molar-refractivity contribution in [2.75, 3.05) is 19.6 Å². The van der Waals surface area contributed by atoms with Crippen molar-refractivity contribution in [3.63, 3.8) is 0 Å². The summed E-state index contributed by atoms with van der Waals surface area (Å²) in [4.78, 5) is 33.8. The Balaban J connectivity index is 2.62. The lowest BCUT2D eigenvalue weighted by Crippen LogP contribution is -2.56. The number of nitrogens with zero attached hydrogens (tertiary/aromatic N) is 1. The fourth-order valence-corrected chi connectivity index (χ4v) is 1.31. The Morgan fingerprint density at radius 3 is 2.33 bits per heavy atom. The molecule has 1 fully saturated rings. The maximum Gasteiger partial charge on any atom is 0.336 e. The number of hydrogen-bond acceptors (Lipinski definition) is 5. The number of carbonyl (C=O) groups excluding carboxylic acids is 2. The fourth-order valence-electron chi connectivity index (χ4n) is 1.31. The van der Waals surface area contributed by atoms with E-state index in [4.69, 9.17) is 5.11 Å². The van der Waals surface area contributed by atoms with Crippen LogP contribution in [0.15, 0.2) is 0 Å². The highest BCUT2D eigenvalue weighted by molar-refractivity contribution is 5.99. The topological polar surface area (TPSA) is 107 Å². The van der Waals surface area contributed by atoms with Crippen LogP contribution >= 0.6 is 0 Å². The normalized spacial score (nSPS) is 22.0. The molecule has 3 N–H and O–H groups in total. The molecule has 0 bridgehead atoms. The van der Waals surface area contributed by atoms with Crippen molar-refractivity contribution in [3.8, 4) is 0 Å². The molecule has 1 unspecified atom stereocenters. The van der Waals surface area contributed by atoms with E-state index in [2.05, 4.69) is 5.32 Å². The molecule has 1 rings (SSSR count). The molecular formula is C8H12N2O5. The lowest BCUT2D eigenvalue weighted by atomic mass is 10.1. The maximum atomic E-state index is 10.9. The molecule has 84 valence electrons. The smallest absolute Gasteiger partial charge is 0.336 e. The molecule has 0 saturated carbocycles. The Kier molecular flexibility index (Phi) is 3.06. The first-order valence-electron chi connectivity index (χ1n) is 4.32. The summed E-state index contributed by atoms with van der Waals surface area (Å²) in [5, 5.41) is 20.1. The van der Waals surface area contributed by atoms with E-state index in [1.807, 2.05) is 0 Å². The Morgan fingerprint density at radius 1 is 1.47 bits per heavy atom. The maximum absolute atomic E-state index is 10.9. The van der Waals surface area contributed by atoms with Gasteiger partial charge in [0.25, 0.3) is 0 Å². The third-order valence-electron chi connectivity index (χ3n) is 2.01. The second-order valence-electron chi connectivity index (χ2n) is 3.70. The number of aliphatic carboxylic acids is 1. The predicted octanol–water partition coefficient (Wildman–Crippen LogP) is -2.22. The summed E-state index contributed by atoms with van der Waals surface area (Å²) in [5.74, 6) is -2.37. The van der Waals surface area contributed by atoms with Gasteiger partial charge in [0.05, 0.1) is 13.1 Å². The monoisotopic (exact) mass is 216 g/mol. The Labute approximate surface area is 85.7 Å². The van der Waals surface area contributed by atoms with Crippen LogP contribution in [0.1, 0.15) is 6.92 Å². The van der Waals surface area contributed by atoms with Crippen molar-refractivity contribution in [3.05, 3.63) is 0 Å². The molecule has 0 aliphatic carbocycles. The van der Waals surface area contributed by atoms with Crippen LogP contribution in [0.5, 0.6) is 0 Å². The molecule has 7 nitrogen and oxygen atoms in total. The van der Waals surface area contributed by atoms with Crippen LogP contribution in [0.2, 0.25) is 0 Å². The van der Waals surface area contributed by atoms with E-state index in [0.29, 0.717) is 0 Å². The van der Waals surface area contributed by atoms with E-state index in [1.54, 1.807) is 0 Å². The molecule has 0 aromatic heterocycles. The number of β-amino-alcohol motifs (C(OH)–C–C–N with tert-alkyl or cyclic N) is 1. The van der Waals surface area contributed by atoms with Gasteiger partial charge in [-0.2, -0.15) is 0 Å². The van der Waals surface area contributed by atoms with E-state index in [9.17, 15) is 19.5 Å². The molecular weight excluding hydrogens is 204 g/mol. The SMILES string of the molecule is CC(O)(CN1CC(=O)NC(=O)C1)C(=O)O. The minimum Gasteiger partial charge on any atom is -0.479 e. The molecule has 1 aliphatic rings. The Bertz CT molecular complexity index is 296. The number of imide groups is 1. The van der Waals surface area contributed by atoms with Crippen molar-refractivity contribution >= 4 is 17.8 Å². The zero-order chi connectivity index (χ0) is 11.6. The van der Waals surface area contributed by atoms with Crippen LogP contribution in [-0.4, -0.2) is 58.1 Å². The standard InChI is InChI=1S/C8H12N2O5/c1-8(15,7(13)14)4-10-2-5(11)9-6(12)3-10/h15H,2-4H2,1H3,(H,13,14)(H,9,11,12). The lowest BCUT2D eigenvalue weighted by Gasteiger charge is -2.30. The van der Waals surface area contributed by atoms with Crippen LogP contribution in [-0.2, 0) is 14.4 Å². The van der Waals surface area contributed by atoms with E-state index in [-0.39, 0.29) is 19.6 Å². The van der Waals surface area contributed by atoms with Gasteiger partial charge in [-0.05, 0) is 6.92 Å². The minimum absolute atomic E-state index is 0.0881. The number of hydrogen-bond donors (Lipinski definition) is 3. The zero-order valence-electron chi connectivity index (χ0n) is 8.19. The molecule has 2 amide bonds. The summed E-state index contributed by atoms with van der Waals surface area (Å²) in [5.41, 5.74) is -1.96. The number of nitrogens with one attached hydrogen (secondary N) is 1. The zero-order valence-corrected chi connectivity index (χ0v) is 8.19. The summed E-state index contributed by atoms with van der Waals surface area (Å²) in [6.45, 7) is 0.679. The van der Waals surface area contributed by atoms with E-state index in [0.717, 1.165) is 6.92 Å². The highest BCUT2D eigenvalue weighted by atomic mass is 16.4. The molecule has 0 aromatic rings. The number of aliphatic hydroxyl groups is 1. The molecule has 1 heterocycles. The summed E-state index contributed by atoms with van der Waals surface area (Å²) in [6, 6.07) is 0. The van der Waals surface area contributed by atoms with Gasteiger partial charge in [-0.15, -0.1) is 0 Å². The van der Waals surface area contributed by atoms with Gasteiger partial charge in [0.1, 0.15) is 0 Å². The number of carboxylic acids is 1. The summed E-state index contributed by atoms with van der Waals surface area (Å²) in [7, 11) is 0.